The molecule has 4 heteroatoms. The lowest BCUT2D eigenvalue weighted by atomic mass is 10.1. The van der Waals surface area contributed by atoms with E-state index in [0.29, 0.717) is 6.42 Å². The molecule has 0 saturated carbocycles. The summed E-state index contributed by atoms with van der Waals surface area (Å²) in [5.41, 5.74) is 2.14. The van der Waals surface area contributed by atoms with Gasteiger partial charge in [0.25, 0.3) is 0 Å². The number of rotatable bonds is 6. The van der Waals surface area contributed by atoms with Crippen molar-refractivity contribution in [1.29, 1.82) is 0 Å². The largest absolute Gasteiger partial charge is 0.372 e. The van der Waals surface area contributed by atoms with Crippen LogP contribution in [0.3, 0.4) is 0 Å². The SMILES string of the molecule is CCNC(C)CC(=O)Nc1ccc(N2CCCCC2)cc1. The van der Waals surface area contributed by atoms with Crippen molar-refractivity contribution < 1.29 is 4.79 Å². The Morgan fingerprint density at radius 1 is 1.19 bits per heavy atom. The molecule has 1 aliphatic rings. The molecule has 1 unspecified atom stereocenters. The predicted octanol–water partition coefficient (Wildman–Crippen LogP) is 3.00. The fourth-order valence-corrected chi connectivity index (χ4v) is 2.82. The highest BCUT2D eigenvalue weighted by Crippen LogP contribution is 2.21. The topological polar surface area (TPSA) is 44.4 Å². The third-order valence-corrected chi connectivity index (χ3v) is 3.92. The van der Waals surface area contributed by atoms with Crippen molar-refractivity contribution in [3.63, 3.8) is 0 Å². The van der Waals surface area contributed by atoms with E-state index in [0.717, 1.165) is 25.3 Å². The lowest BCUT2D eigenvalue weighted by Crippen LogP contribution is -2.30. The van der Waals surface area contributed by atoms with Crippen LogP contribution >= 0.6 is 0 Å². The van der Waals surface area contributed by atoms with Crippen molar-refractivity contribution in [1.82, 2.24) is 5.32 Å². The maximum Gasteiger partial charge on any atom is 0.225 e. The summed E-state index contributed by atoms with van der Waals surface area (Å²) >= 11 is 0. The van der Waals surface area contributed by atoms with Gasteiger partial charge in [0.2, 0.25) is 5.91 Å². The number of piperidine rings is 1. The Labute approximate surface area is 127 Å². The molecular weight excluding hydrogens is 262 g/mol. The number of carbonyl (C=O) groups excluding carboxylic acids is 1. The predicted molar refractivity (Wildman–Crippen MR) is 88.9 cm³/mol. The molecule has 1 atom stereocenters. The molecule has 0 bridgehead atoms. The summed E-state index contributed by atoms with van der Waals surface area (Å²) < 4.78 is 0. The molecule has 0 aromatic heterocycles. The van der Waals surface area contributed by atoms with Gasteiger partial charge in [-0.1, -0.05) is 6.92 Å². The Morgan fingerprint density at radius 2 is 1.86 bits per heavy atom. The molecule has 0 spiro atoms. The maximum absolute atomic E-state index is 11.9. The van der Waals surface area contributed by atoms with Crippen LogP contribution in [0.1, 0.15) is 39.5 Å². The maximum atomic E-state index is 11.9. The van der Waals surface area contributed by atoms with Crippen LogP contribution < -0.4 is 15.5 Å². The molecule has 2 rings (SSSR count). The van der Waals surface area contributed by atoms with Crippen molar-refractivity contribution in [2.75, 3.05) is 29.9 Å². The van der Waals surface area contributed by atoms with Gasteiger partial charge in [-0.2, -0.15) is 0 Å². The zero-order valence-corrected chi connectivity index (χ0v) is 13.2. The minimum atomic E-state index is 0.0640. The Balaban J connectivity index is 1.85. The highest BCUT2D eigenvalue weighted by molar-refractivity contribution is 5.91. The van der Waals surface area contributed by atoms with Crippen LogP contribution in [0.2, 0.25) is 0 Å². The number of hydrogen-bond donors (Lipinski definition) is 2. The van der Waals surface area contributed by atoms with Crippen molar-refractivity contribution >= 4 is 17.3 Å². The molecule has 1 saturated heterocycles. The van der Waals surface area contributed by atoms with E-state index in [1.807, 2.05) is 26.0 Å². The molecule has 0 radical (unpaired) electrons. The number of benzene rings is 1. The third kappa shape index (κ3) is 5.05. The molecule has 2 N–H and O–H groups in total. The zero-order valence-electron chi connectivity index (χ0n) is 13.2. The van der Waals surface area contributed by atoms with Gasteiger partial charge < -0.3 is 15.5 Å². The second-order valence-electron chi connectivity index (χ2n) is 5.81. The smallest absolute Gasteiger partial charge is 0.225 e. The molecule has 1 aromatic rings. The van der Waals surface area contributed by atoms with Gasteiger partial charge in [-0.05, 0) is 57.0 Å². The zero-order chi connectivity index (χ0) is 15.1. The van der Waals surface area contributed by atoms with Crippen LogP contribution in [0, 0.1) is 0 Å². The molecule has 1 heterocycles. The number of nitrogens with one attached hydrogen (secondary N) is 2. The molecular formula is C17H27N3O. The van der Waals surface area contributed by atoms with Gasteiger partial charge in [0.15, 0.2) is 0 Å². The summed E-state index contributed by atoms with van der Waals surface area (Å²) in [5, 5.41) is 6.21. The van der Waals surface area contributed by atoms with Gasteiger partial charge in [-0.3, -0.25) is 4.79 Å². The quantitative estimate of drug-likeness (QED) is 0.846. The van der Waals surface area contributed by atoms with Gasteiger partial charge in [0.05, 0.1) is 0 Å². The van der Waals surface area contributed by atoms with Gasteiger partial charge in [-0.15, -0.1) is 0 Å². The molecule has 116 valence electrons. The van der Waals surface area contributed by atoms with E-state index >= 15 is 0 Å². The van der Waals surface area contributed by atoms with Crippen molar-refractivity contribution in [2.45, 2.75) is 45.6 Å². The van der Waals surface area contributed by atoms with Crippen LogP contribution in [0.4, 0.5) is 11.4 Å². The molecule has 0 aliphatic carbocycles. The van der Waals surface area contributed by atoms with E-state index in [2.05, 4.69) is 27.7 Å². The van der Waals surface area contributed by atoms with E-state index in [-0.39, 0.29) is 11.9 Å². The highest BCUT2D eigenvalue weighted by Gasteiger charge is 2.11. The number of anilines is 2. The normalized spacial score (nSPS) is 16.6. The molecule has 1 aromatic carbocycles. The third-order valence-electron chi connectivity index (χ3n) is 3.92. The summed E-state index contributed by atoms with van der Waals surface area (Å²) in [7, 11) is 0. The van der Waals surface area contributed by atoms with E-state index in [9.17, 15) is 4.79 Å². The summed E-state index contributed by atoms with van der Waals surface area (Å²) in [6, 6.07) is 8.42. The first-order valence-corrected chi connectivity index (χ1v) is 8.07. The first kappa shape index (κ1) is 15.8. The monoisotopic (exact) mass is 289 g/mol. The van der Waals surface area contributed by atoms with E-state index < -0.39 is 0 Å². The Kier molecular flexibility index (Phi) is 6.05. The van der Waals surface area contributed by atoms with Gasteiger partial charge in [0, 0.05) is 36.9 Å². The van der Waals surface area contributed by atoms with Crippen LogP contribution in [-0.4, -0.2) is 31.6 Å². The molecule has 1 fully saturated rings. The Hall–Kier alpha value is -1.55. The van der Waals surface area contributed by atoms with E-state index in [1.54, 1.807) is 0 Å². The highest BCUT2D eigenvalue weighted by atomic mass is 16.1. The van der Waals surface area contributed by atoms with Crippen molar-refractivity contribution in [2.24, 2.45) is 0 Å². The Morgan fingerprint density at radius 3 is 2.48 bits per heavy atom. The number of hydrogen-bond acceptors (Lipinski definition) is 3. The van der Waals surface area contributed by atoms with Crippen molar-refractivity contribution in [3.8, 4) is 0 Å². The van der Waals surface area contributed by atoms with Crippen LogP contribution in [0.5, 0.6) is 0 Å². The van der Waals surface area contributed by atoms with E-state index in [1.165, 1.54) is 24.9 Å². The lowest BCUT2D eigenvalue weighted by Gasteiger charge is -2.28. The molecule has 1 amide bonds. The van der Waals surface area contributed by atoms with Gasteiger partial charge in [0.1, 0.15) is 0 Å². The average Bonchev–Trinajstić information content (AvgIpc) is 2.49. The minimum absolute atomic E-state index is 0.0640. The average molecular weight is 289 g/mol. The standard InChI is InChI=1S/C17H27N3O/c1-3-18-14(2)13-17(21)19-15-7-9-16(10-8-15)20-11-5-4-6-12-20/h7-10,14,18H,3-6,11-13H2,1-2H3,(H,19,21). The second kappa shape index (κ2) is 8.03. The fraction of sp³-hybridized carbons (Fsp3) is 0.588. The second-order valence-corrected chi connectivity index (χ2v) is 5.81. The number of amides is 1. The molecule has 1 aliphatic heterocycles. The summed E-state index contributed by atoms with van der Waals surface area (Å²) in [6.45, 7) is 7.26. The van der Waals surface area contributed by atoms with Gasteiger partial charge >= 0.3 is 0 Å². The minimum Gasteiger partial charge on any atom is -0.372 e. The Bertz CT molecular complexity index is 438. The summed E-state index contributed by atoms with van der Waals surface area (Å²) in [6.07, 6.45) is 4.40. The lowest BCUT2D eigenvalue weighted by molar-refractivity contribution is -0.116. The molecule has 4 nitrogen and oxygen atoms in total. The van der Waals surface area contributed by atoms with Crippen LogP contribution in [-0.2, 0) is 4.79 Å². The van der Waals surface area contributed by atoms with E-state index in [4.69, 9.17) is 0 Å². The summed E-state index contributed by atoms with van der Waals surface area (Å²) in [5.74, 6) is 0.0640. The number of carbonyl (C=O) groups is 1. The van der Waals surface area contributed by atoms with Crippen LogP contribution in [0.25, 0.3) is 0 Å². The van der Waals surface area contributed by atoms with Crippen molar-refractivity contribution in [3.05, 3.63) is 24.3 Å². The van der Waals surface area contributed by atoms with Crippen LogP contribution in [0.15, 0.2) is 24.3 Å². The molecule has 21 heavy (non-hydrogen) atoms. The number of nitrogens with zero attached hydrogens (tertiary/aromatic N) is 1. The first-order valence-electron chi connectivity index (χ1n) is 8.07. The van der Waals surface area contributed by atoms with Gasteiger partial charge in [-0.25, -0.2) is 0 Å². The first-order chi connectivity index (χ1) is 10.2. The fourth-order valence-electron chi connectivity index (χ4n) is 2.82. The summed E-state index contributed by atoms with van der Waals surface area (Å²) in [4.78, 5) is 14.3.